The van der Waals surface area contributed by atoms with E-state index in [2.05, 4.69) is 10.3 Å². The van der Waals surface area contributed by atoms with Crippen LogP contribution in [-0.2, 0) is 22.7 Å². The number of rotatable bonds is 7. The number of hydrogen-bond acceptors (Lipinski definition) is 4. The highest BCUT2D eigenvalue weighted by molar-refractivity contribution is 5.91. The van der Waals surface area contributed by atoms with E-state index < -0.39 is 6.04 Å². The fraction of sp³-hybridized carbons (Fsp3) is 0.304. The molecule has 1 unspecified atom stereocenters. The second-order valence-electron chi connectivity index (χ2n) is 7.34. The Labute approximate surface area is 175 Å². The number of nitrogens with zero attached hydrogens (tertiary/aromatic N) is 1. The van der Waals surface area contributed by atoms with Crippen LogP contribution in [0.1, 0.15) is 24.0 Å². The maximum Gasteiger partial charge on any atom is 0.243 e. The number of ether oxygens (including phenoxy) is 2. The van der Waals surface area contributed by atoms with Gasteiger partial charge in [0.15, 0.2) is 11.5 Å². The van der Waals surface area contributed by atoms with Crippen LogP contribution in [-0.4, -0.2) is 42.0 Å². The van der Waals surface area contributed by atoms with Crippen LogP contribution in [0, 0.1) is 0 Å². The van der Waals surface area contributed by atoms with Gasteiger partial charge in [0, 0.05) is 36.6 Å². The van der Waals surface area contributed by atoms with Crippen molar-refractivity contribution in [3.05, 3.63) is 59.8 Å². The van der Waals surface area contributed by atoms with Crippen molar-refractivity contribution in [2.75, 3.05) is 14.2 Å². The van der Waals surface area contributed by atoms with E-state index in [4.69, 9.17) is 9.47 Å². The molecule has 0 radical (unpaired) electrons. The summed E-state index contributed by atoms with van der Waals surface area (Å²) in [5.74, 6) is 1.11. The third kappa shape index (κ3) is 3.83. The minimum Gasteiger partial charge on any atom is -0.493 e. The van der Waals surface area contributed by atoms with E-state index in [9.17, 15) is 9.59 Å². The lowest BCUT2D eigenvalue weighted by molar-refractivity contribution is -0.135. The van der Waals surface area contributed by atoms with Gasteiger partial charge in [0.05, 0.1) is 14.2 Å². The summed E-state index contributed by atoms with van der Waals surface area (Å²) in [6.07, 6.45) is 2.82. The van der Waals surface area contributed by atoms with Crippen molar-refractivity contribution in [3.63, 3.8) is 0 Å². The van der Waals surface area contributed by atoms with Crippen molar-refractivity contribution in [2.24, 2.45) is 0 Å². The number of nitrogens with one attached hydrogen (secondary N) is 2. The van der Waals surface area contributed by atoms with Crippen molar-refractivity contribution in [1.82, 2.24) is 15.2 Å². The van der Waals surface area contributed by atoms with Crippen LogP contribution in [0.5, 0.6) is 11.5 Å². The third-order valence-corrected chi connectivity index (χ3v) is 5.56. The maximum atomic E-state index is 12.9. The number of methoxy groups -OCH3 is 2. The molecule has 7 heteroatoms. The average molecular weight is 407 g/mol. The van der Waals surface area contributed by atoms with E-state index in [-0.39, 0.29) is 11.8 Å². The van der Waals surface area contributed by atoms with Crippen LogP contribution in [0.4, 0.5) is 0 Å². The number of aromatic nitrogens is 1. The number of aromatic amines is 1. The molecule has 7 nitrogen and oxygen atoms in total. The summed E-state index contributed by atoms with van der Waals surface area (Å²) >= 11 is 0. The first-order valence-corrected chi connectivity index (χ1v) is 9.93. The number of amides is 2. The molecule has 1 fully saturated rings. The molecule has 2 aromatic carbocycles. The molecule has 1 aliphatic heterocycles. The lowest BCUT2D eigenvalue weighted by atomic mass is 10.1. The SMILES string of the molecule is COc1ccc(CNC(=O)C2CCC(=O)N2Cc2c[nH]c3ccccc23)cc1OC. The number of H-pyrrole nitrogens is 1. The summed E-state index contributed by atoms with van der Waals surface area (Å²) in [7, 11) is 3.16. The Bertz CT molecular complexity index is 1080. The molecule has 1 atom stereocenters. The molecule has 30 heavy (non-hydrogen) atoms. The van der Waals surface area contributed by atoms with Gasteiger partial charge in [0.2, 0.25) is 11.8 Å². The van der Waals surface area contributed by atoms with E-state index in [0.29, 0.717) is 37.4 Å². The van der Waals surface area contributed by atoms with Crippen LogP contribution >= 0.6 is 0 Å². The van der Waals surface area contributed by atoms with Crippen LogP contribution in [0.15, 0.2) is 48.7 Å². The summed E-state index contributed by atoms with van der Waals surface area (Å²) < 4.78 is 10.6. The van der Waals surface area contributed by atoms with Gasteiger partial charge in [0.1, 0.15) is 6.04 Å². The van der Waals surface area contributed by atoms with Gasteiger partial charge in [-0.05, 0) is 35.7 Å². The minimum atomic E-state index is -0.466. The largest absolute Gasteiger partial charge is 0.493 e. The van der Waals surface area contributed by atoms with Gasteiger partial charge in [-0.3, -0.25) is 9.59 Å². The zero-order valence-corrected chi connectivity index (χ0v) is 17.1. The fourth-order valence-corrected chi connectivity index (χ4v) is 3.95. The second-order valence-corrected chi connectivity index (χ2v) is 7.34. The molecule has 2 N–H and O–H groups in total. The number of carbonyl (C=O) groups excluding carboxylic acids is 2. The molecule has 1 aromatic heterocycles. The molecule has 0 spiro atoms. The Morgan fingerprint density at radius 3 is 2.77 bits per heavy atom. The molecule has 0 saturated carbocycles. The van der Waals surface area contributed by atoms with Crippen molar-refractivity contribution >= 4 is 22.7 Å². The van der Waals surface area contributed by atoms with Gasteiger partial charge in [-0.2, -0.15) is 0 Å². The van der Waals surface area contributed by atoms with E-state index in [0.717, 1.165) is 22.0 Å². The van der Waals surface area contributed by atoms with Crippen LogP contribution in [0.25, 0.3) is 10.9 Å². The Kier molecular flexibility index (Phi) is 5.61. The molecule has 1 aliphatic rings. The number of carbonyl (C=O) groups is 2. The topological polar surface area (TPSA) is 83.7 Å². The molecule has 4 rings (SSSR count). The smallest absolute Gasteiger partial charge is 0.243 e. The van der Waals surface area contributed by atoms with E-state index in [1.807, 2.05) is 48.7 Å². The van der Waals surface area contributed by atoms with E-state index in [1.165, 1.54) is 0 Å². The van der Waals surface area contributed by atoms with Crippen molar-refractivity contribution < 1.29 is 19.1 Å². The molecule has 0 aliphatic carbocycles. The monoisotopic (exact) mass is 407 g/mol. The Morgan fingerprint density at radius 1 is 1.17 bits per heavy atom. The van der Waals surface area contributed by atoms with Gasteiger partial charge in [-0.25, -0.2) is 0 Å². The number of hydrogen-bond donors (Lipinski definition) is 2. The molecule has 2 heterocycles. The van der Waals surface area contributed by atoms with Crippen molar-refractivity contribution in [2.45, 2.75) is 32.0 Å². The summed E-state index contributed by atoms with van der Waals surface area (Å²) in [5.41, 5.74) is 2.93. The molecular formula is C23H25N3O4. The highest BCUT2D eigenvalue weighted by Gasteiger charge is 2.36. The number of benzene rings is 2. The average Bonchev–Trinajstić information content (AvgIpc) is 3.36. The normalized spacial score (nSPS) is 16.1. The summed E-state index contributed by atoms with van der Waals surface area (Å²) in [6, 6.07) is 13.0. The molecular weight excluding hydrogens is 382 g/mol. The van der Waals surface area contributed by atoms with Crippen molar-refractivity contribution in [1.29, 1.82) is 0 Å². The third-order valence-electron chi connectivity index (χ3n) is 5.56. The highest BCUT2D eigenvalue weighted by Crippen LogP contribution is 2.28. The zero-order chi connectivity index (χ0) is 21.1. The molecule has 1 saturated heterocycles. The maximum absolute atomic E-state index is 12.9. The minimum absolute atomic E-state index is 0.00606. The molecule has 156 valence electrons. The molecule has 2 amide bonds. The molecule has 3 aromatic rings. The number of likely N-dealkylation sites (tertiary alicyclic amines) is 1. The first-order chi connectivity index (χ1) is 14.6. The number of fused-ring (bicyclic) bond motifs is 1. The first kappa shape index (κ1) is 19.8. The predicted octanol–water partition coefficient (Wildman–Crippen LogP) is 2.99. The standard InChI is InChI=1S/C23H25N3O4/c1-29-20-9-7-15(11-21(20)30-2)12-25-23(28)19-8-10-22(27)26(19)14-16-13-24-18-6-4-3-5-17(16)18/h3-7,9,11,13,19,24H,8,10,12,14H2,1-2H3,(H,25,28). The Balaban J connectivity index is 1.44. The number of para-hydroxylation sites is 1. The van der Waals surface area contributed by atoms with Crippen molar-refractivity contribution in [3.8, 4) is 11.5 Å². The lowest BCUT2D eigenvalue weighted by Gasteiger charge is -2.24. The van der Waals surface area contributed by atoms with Gasteiger partial charge < -0.3 is 24.7 Å². The highest BCUT2D eigenvalue weighted by atomic mass is 16.5. The fourth-order valence-electron chi connectivity index (χ4n) is 3.95. The van der Waals surface area contributed by atoms with Gasteiger partial charge in [-0.1, -0.05) is 24.3 Å². The van der Waals surface area contributed by atoms with Crippen LogP contribution in [0.2, 0.25) is 0 Å². The van der Waals surface area contributed by atoms with Gasteiger partial charge in [0.25, 0.3) is 0 Å². The quantitative estimate of drug-likeness (QED) is 0.631. The Morgan fingerprint density at radius 2 is 1.97 bits per heavy atom. The summed E-state index contributed by atoms with van der Waals surface area (Å²) in [4.78, 5) is 30.3. The summed E-state index contributed by atoms with van der Waals surface area (Å²) in [6.45, 7) is 0.766. The van der Waals surface area contributed by atoms with Crippen LogP contribution in [0.3, 0.4) is 0 Å². The van der Waals surface area contributed by atoms with Gasteiger partial charge >= 0.3 is 0 Å². The second kappa shape index (κ2) is 8.49. The van der Waals surface area contributed by atoms with E-state index in [1.54, 1.807) is 19.1 Å². The van der Waals surface area contributed by atoms with Gasteiger partial charge in [-0.15, -0.1) is 0 Å². The Hall–Kier alpha value is -3.48. The molecule has 0 bridgehead atoms. The zero-order valence-electron chi connectivity index (χ0n) is 17.1. The van der Waals surface area contributed by atoms with E-state index >= 15 is 0 Å². The first-order valence-electron chi connectivity index (χ1n) is 9.93. The van der Waals surface area contributed by atoms with Crippen LogP contribution < -0.4 is 14.8 Å². The summed E-state index contributed by atoms with van der Waals surface area (Å²) in [5, 5.41) is 4.03. The predicted molar refractivity (Wildman–Crippen MR) is 113 cm³/mol. The lowest BCUT2D eigenvalue weighted by Crippen LogP contribution is -2.44.